The number of likely N-dealkylation sites (tertiary alicyclic amines) is 1. The predicted molar refractivity (Wildman–Crippen MR) is 82.7 cm³/mol. The van der Waals surface area contributed by atoms with Gasteiger partial charge in [-0.25, -0.2) is 0 Å². The van der Waals surface area contributed by atoms with Gasteiger partial charge in [0.2, 0.25) is 5.91 Å². The lowest BCUT2D eigenvalue weighted by atomic mass is 9.85. The zero-order chi connectivity index (χ0) is 14.8. The van der Waals surface area contributed by atoms with Gasteiger partial charge in [0.25, 0.3) is 0 Å². The number of hydrogen-bond acceptors (Lipinski definition) is 3. The lowest BCUT2D eigenvalue weighted by Crippen LogP contribution is -2.57. The highest BCUT2D eigenvalue weighted by Crippen LogP contribution is 2.28. The summed E-state index contributed by atoms with van der Waals surface area (Å²) in [4.78, 5) is 14.4. The number of nitrogens with one attached hydrogen (secondary N) is 1. The summed E-state index contributed by atoms with van der Waals surface area (Å²) in [5.74, 6) is -0.248. The van der Waals surface area contributed by atoms with Crippen molar-refractivity contribution in [3.63, 3.8) is 0 Å². The number of benzene rings is 1. The first-order chi connectivity index (χ1) is 9.43. The Morgan fingerprint density at radius 3 is 2.50 bits per heavy atom. The Kier molecular flexibility index (Phi) is 4.33. The maximum absolute atomic E-state index is 12.0. The van der Waals surface area contributed by atoms with E-state index in [1.54, 1.807) is 0 Å². The van der Waals surface area contributed by atoms with Gasteiger partial charge >= 0.3 is 0 Å². The van der Waals surface area contributed by atoms with Gasteiger partial charge < -0.3 is 16.0 Å². The second kappa shape index (κ2) is 5.83. The Hall–Kier alpha value is -1.55. The molecule has 0 unspecified atom stereocenters. The summed E-state index contributed by atoms with van der Waals surface area (Å²) in [5.41, 5.74) is 7.23. The van der Waals surface area contributed by atoms with Crippen molar-refractivity contribution < 1.29 is 4.79 Å². The van der Waals surface area contributed by atoms with Crippen LogP contribution in [0.25, 0.3) is 0 Å². The molecule has 20 heavy (non-hydrogen) atoms. The van der Waals surface area contributed by atoms with Crippen LogP contribution < -0.4 is 11.1 Å². The Balaban J connectivity index is 2.14. The fourth-order valence-electron chi connectivity index (χ4n) is 2.85. The first-order valence-corrected chi connectivity index (χ1v) is 7.32. The van der Waals surface area contributed by atoms with E-state index in [1.807, 2.05) is 25.1 Å². The van der Waals surface area contributed by atoms with Crippen LogP contribution in [-0.2, 0) is 4.79 Å². The van der Waals surface area contributed by atoms with Crippen molar-refractivity contribution in [2.24, 2.45) is 5.73 Å². The highest BCUT2D eigenvalue weighted by molar-refractivity contribution is 5.88. The number of carbonyl (C=O) groups is 1. The summed E-state index contributed by atoms with van der Waals surface area (Å²) in [6.07, 6.45) is 1.52. The molecule has 4 heteroatoms. The van der Waals surface area contributed by atoms with Crippen molar-refractivity contribution >= 4 is 11.6 Å². The van der Waals surface area contributed by atoms with E-state index in [2.05, 4.69) is 30.1 Å². The number of rotatable bonds is 4. The number of piperidine rings is 1. The van der Waals surface area contributed by atoms with Crippen molar-refractivity contribution in [3.05, 3.63) is 29.8 Å². The molecule has 0 aliphatic carbocycles. The smallest absolute Gasteiger partial charge is 0.243 e. The molecule has 0 aromatic heterocycles. The molecule has 1 aromatic carbocycles. The zero-order valence-electron chi connectivity index (χ0n) is 12.6. The van der Waals surface area contributed by atoms with Crippen LogP contribution in [0.15, 0.2) is 24.3 Å². The van der Waals surface area contributed by atoms with Gasteiger partial charge in [-0.3, -0.25) is 4.79 Å². The van der Waals surface area contributed by atoms with E-state index < -0.39 is 5.54 Å². The number of carbonyl (C=O) groups excluding carboxylic acids is 1. The van der Waals surface area contributed by atoms with Crippen LogP contribution in [0.5, 0.6) is 0 Å². The van der Waals surface area contributed by atoms with E-state index in [1.165, 1.54) is 5.56 Å². The van der Waals surface area contributed by atoms with Crippen molar-refractivity contribution in [2.75, 3.05) is 18.4 Å². The third kappa shape index (κ3) is 3.12. The Morgan fingerprint density at radius 1 is 1.35 bits per heavy atom. The summed E-state index contributed by atoms with van der Waals surface area (Å²) in [6.45, 7) is 8.22. The van der Waals surface area contributed by atoms with E-state index in [0.29, 0.717) is 6.04 Å². The second-order valence-electron chi connectivity index (χ2n) is 6.07. The van der Waals surface area contributed by atoms with Crippen LogP contribution in [0.2, 0.25) is 0 Å². The van der Waals surface area contributed by atoms with Gasteiger partial charge in [-0.05, 0) is 51.3 Å². The van der Waals surface area contributed by atoms with Gasteiger partial charge in [0.05, 0.1) is 0 Å². The van der Waals surface area contributed by atoms with E-state index >= 15 is 0 Å². The molecular weight excluding hydrogens is 250 g/mol. The summed E-state index contributed by atoms with van der Waals surface area (Å²) in [7, 11) is 0. The lowest BCUT2D eigenvalue weighted by Gasteiger charge is -2.42. The standard InChI is InChI=1S/C16H25N3O/c1-12(2)19-9-7-16(8-10-19,15(17)20)18-14-6-4-5-13(3)11-14/h4-6,11-12,18H,7-10H2,1-3H3,(H2,17,20). The third-order valence-corrected chi connectivity index (χ3v) is 4.26. The molecule has 3 N–H and O–H groups in total. The van der Waals surface area contributed by atoms with Gasteiger partial charge in [0.15, 0.2) is 0 Å². The summed E-state index contributed by atoms with van der Waals surface area (Å²) < 4.78 is 0. The molecule has 1 heterocycles. The average molecular weight is 275 g/mol. The molecule has 0 bridgehead atoms. The van der Waals surface area contributed by atoms with E-state index in [-0.39, 0.29) is 5.91 Å². The number of hydrogen-bond donors (Lipinski definition) is 2. The predicted octanol–water partition coefficient (Wildman–Crippen LogP) is 2.14. The zero-order valence-corrected chi connectivity index (χ0v) is 12.6. The Labute approximate surface area is 121 Å². The average Bonchev–Trinajstić information content (AvgIpc) is 2.39. The highest BCUT2D eigenvalue weighted by atomic mass is 16.1. The van der Waals surface area contributed by atoms with Gasteiger partial charge in [-0.1, -0.05) is 12.1 Å². The van der Waals surface area contributed by atoms with Gasteiger partial charge in [-0.2, -0.15) is 0 Å². The number of aryl methyl sites for hydroxylation is 1. The molecule has 0 saturated carbocycles. The van der Waals surface area contributed by atoms with Crippen LogP contribution >= 0.6 is 0 Å². The molecular formula is C16H25N3O. The first-order valence-electron chi connectivity index (χ1n) is 7.32. The van der Waals surface area contributed by atoms with Crippen LogP contribution in [0.1, 0.15) is 32.3 Å². The van der Waals surface area contributed by atoms with Crippen molar-refractivity contribution in [3.8, 4) is 0 Å². The summed E-state index contributed by atoms with van der Waals surface area (Å²) >= 11 is 0. The van der Waals surface area contributed by atoms with Crippen LogP contribution in [-0.4, -0.2) is 35.5 Å². The summed E-state index contributed by atoms with van der Waals surface area (Å²) in [6, 6.07) is 8.60. The van der Waals surface area contributed by atoms with Crippen molar-refractivity contribution in [1.82, 2.24) is 4.90 Å². The molecule has 1 aliphatic rings. The quantitative estimate of drug-likeness (QED) is 0.885. The SMILES string of the molecule is Cc1cccc(NC2(C(N)=O)CCN(C(C)C)CC2)c1. The molecule has 1 aromatic rings. The topological polar surface area (TPSA) is 58.4 Å². The maximum Gasteiger partial charge on any atom is 0.243 e. The minimum Gasteiger partial charge on any atom is -0.371 e. The van der Waals surface area contributed by atoms with E-state index in [9.17, 15) is 4.79 Å². The number of nitrogens with two attached hydrogens (primary N) is 1. The van der Waals surface area contributed by atoms with E-state index in [4.69, 9.17) is 5.73 Å². The minimum atomic E-state index is -0.612. The fourth-order valence-corrected chi connectivity index (χ4v) is 2.85. The number of primary amides is 1. The minimum absolute atomic E-state index is 0.248. The monoisotopic (exact) mass is 275 g/mol. The second-order valence-corrected chi connectivity index (χ2v) is 6.07. The molecule has 1 amide bonds. The molecule has 4 nitrogen and oxygen atoms in total. The van der Waals surface area contributed by atoms with E-state index in [0.717, 1.165) is 31.6 Å². The lowest BCUT2D eigenvalue weighted by molar-refractivity contribution is -0.124. The maximum atomic E-state index is 12.0. The molecule has 1 fully saturated rings. The van der Waals surface area contributed by atoms with Crippen molar-refractivity contribution in [1.29, 1.82) is 0 Å². The first kappa shape index (κ1) is 14.9. The molecule has 110 valence electrons. The molecule has 1 saturated heterocycles. The number of nitrogens with zero attached hydrogens (tertiary/aromatic N) is 1. The van der Waals surface area contributed by atoms with Gasteiger partial charge in [0.1, 0.15) is 5.54 Å². The number of anilines is 1. The van der Waals surface area contributed by atoms with Crippen LogP contribution in [0.4, 0.5) is 5.69 Å². The van der Waals surface area contributed by atoms with Crippen molar-refractivity contribution in [2.45, 2.75) is 45.2 Å². The van der Waals surface area contributed by atoms with Crippen LogP contribution in [0, 0.1) is 6.92 Å². The van der Waals surface area contributed by atoms with Gasteiger partial charge in [-0.15, -0.1) is 0 Å². The Morgan fingerprint density at radius 2 is 2.00 bits per heavy atom. The molecule has 0 spiro atoms. The molecule has 0 atom stereocenters. The normalized spacial score (nSPS) is 19.0. The molecule has 2 rings (SSSR count). The Bertz CT molecular complexity index is 476. The highest BCUT2D eigenvalue weighted by Gasteiger charge is 2.40. The van der Waals surface area contributed by atoms with Gasteiger partial charge in [0, 0.05) is 24.8 Å². The fraction of sp³-hybridized carbons (Fsp3) is 0.562. The summed E-state index contributed by atoms with van der Waals surface area (Å²) in [5, 5.41) is 3.39. The largest absolute Gasteiger partial charge is 0.371 e. The third-order valence-electron chi connectivity index (χ3n) is 4.26. The molecule has 0 radical (unpaired) electrons. The van der Waals surface area contributed by atoms with Crippen LogP contribution in [0.3, 0.4) is 0 Å². The molecule has 1 aliphatic heterocycles. The number of amides is 1.